The Morgan fingerprint density at radius 1 is 1.42 bits per heavy atom. The van der Waals surface area contributed by atoms with Gasteiger partial charge in [0.2, 0.25) is 0 Å². The van der Waals surface area contributed by atoms with E-state index in [2.05, 4.69) is 29.7 Å². The predicted octanol–water partition coefficient (Wildman–Crippen LogP) is 2.68. The quantitative estimate of drug-likeness (QED) is 0.875. The minimum Gasteiger partial charge on any atom is -0.380 e. The second-order valence-electron chi connectivity index (χ2n) is 5.20. The fourth-order valence-electron chi connectivity index (χ4n) is 2.24. The summed E-state index contributed by atoms with van der Waals surface area (Å²) in [7, 11) is 0. The van der Waals surface area contributed by atoms with Gasteiger partial charge in [-0.05, 0) is 31.9 Å². The van der Waals surface area contributed by atoms with E-state index in [0.717, 1.165) is 31.6 Å². The molecule has 1 heterocycles. The molecule has 0 bridgehead atoms. The second kappa shape index (κ2) is 6.45. The number of carbonyl (C=O) groups is 1. The molecule has 1 aliphatic heterocycles. The van der Waals surface area contributed by atoms with Gasteiger partial charge in [-0.1, -0.05) is 25.1 Å². The van der Waals surface area contributed by atoms with E-state index in [1.807, 2.05) is 30.0 Å². The van der Waals surface area contributed by atoms with E-state index >= 15 is 0 Å². The van der Waals surface area contributed by atoms with Crippen LogP contribution in [0, 0.1) is 0 Å². The number of hydrogen-bond acceptors (Lipinski definition) is 2. The lowest BCUT2D eigenvalue weighted by Crippen LogP contribution is -2.43. The number of hydrogen-bond donors (Lipinski definition) is 2. The van der Waals surface area contributed by atoms with Crippen molar-refractivity contribution in [3.8, 4) is 0 Å². The number of rotatable bonds is 4. The highest BCUT2D eigenvalue weighted by molar-refractivity contribution is 5.75. The molecule has 0 radical (unpaired) electrons. The smallest absolute Gasteiger partial charge is 0.317 e. The molecule has 2 rings (SSSR count). The lowest BCUT2D eigenvalue weighted by atomic mass is 10.2. The zero-order valence-electron chi connectivity index (χ0n) is 11.7. The molecule has 1 saturated heterocycles. The molecular formula is C15H23N3O. The number of likely N-dealkylation sites (tertiary alicyclic amines) is 1. The van der Waals surface area contributed by atoms with Crippen molar-refractivity contribution >= 4 is 11.7 Å². The van der Waals surface area contributed by atoms with Gasteiger partial charge in [0, 0.05) is 30.9 Å². The predicted molar refractivity (Wildman–Crippen MR) is 78.3 cm³/mol. The second-order valence-corrected chi connectivity index (χ2v) is 5.20. The van der Waals surface area contributed by atoms with Gasteiger partial charge in [0.25, 0.3) is 0 Å². The van der Waals surface area contributed by atoms with Crippen molar-refractivity contribution in [3.05, 3.63) is 30.3 Å². The average Bonchev–Trinajstić information content (AvgIpc) is 2.88. The highest BCUT2D eigenvalue weighted by Gasteiger charge is 2.26. The standard InChI is InChI=1S/C15H23N3O/c1-3-12(2)16-15(19)18-10-9-14(11-18)17-13-7-5-4-6-8-13/h4-8,12,14,17H,3,9-11H2,1-2H3,(H,16,19). The summed E-state index contributed by atoms with van der Waals surface area (Å²) in [6, 6.07) is 10.8. The SMILES string of the molecule is CCC(C)NC(=O)N1CCC(Nc2ccccc2)C1. The van der Waals surface area contributed by atoms with Crippen LogP contribution in [0.15, 0.2) is 30.3 Å². The summed E-state index contributed by atoms with van der Waals surface area (Å²) < 4.78 is 0. The van der Waals surface area contributed by atoms with Crippen molar-refractivity contribution in [2.45, 2.75) is 38.8 Å². The molecule has 4 nitrogen and oxygen atoms in total. The molecule has 2 unspecified atom stereocenters. The minimum absolute atomic E-state index is 0.0618. The molecule has 4 heteroatoms. The Bertz CT molecular complexity index is 407. The van der Waals surface area contributed by atoms with Crippen molar-refractivity contribution in [1.29, 1.82) is 0 Å². The van der Waals surface area contributed by atoms with Gasteiger partial charge in [-0.25, -0.2) is 4.79 Å². The van der Waals surface area contributed by atoms with Gasteiger partial charge in [0.05, 0.1) is 0 Å². The maximum atomic E-state index is 12.0. The average molecular weight is 261 g/mol. The number of urea groups is 1. The van der Waals surface area contributed by atoms with Crippen LogP contribution in [0.5, 0.6) is 0 Å². The molecule has 1 aliphatic rings. The summed E-state index contributed by atoms with van der Waals surface area (Å²) in [6.07, 6.45) is 1.97. The molecule has 0 aliphatic carbocycles. The third-order valence-corrected chi connectivity index (χ3v) is 3.60. The Hall–Kier alpha value is -1.71. The highest BCUT2D eigenvalue weighted by atomic mass is 16.2. The molecule has 0 spiro atoms. The number of amides is 2. The first-order valence-corrected chi connectivity index (χ1v) is 7.06. The van der Waals surface area contributed by atoms with Crippen LogP contribution in [-0.2, 0) is 0 Å². The van der Waals surface area contributed by atoms with Crippen molar-refractivity contribution < 1.29 is 4.79 Å². The van der Waals surface area contributed by atoms with E-state index in [1.54, 1.807) is 0 Å². The Kier molecular flexibility index (Phi) is 4.66. The van der Waals surface area contributed by atoms with Gasteiger partial charge in [-0.15, -0.1) is 0 Å². The van der Waals surface area contributed by atoms with E-state index in [4.69, 9.17) is 0 Å². The van der Waals surface area contributed by atoms with E-state index in [1.165, 1.54) is 0 Å². The van der Waals surface area contributed by atoms with Crippen LogP contribution >= 0.6 is 0 Å². The Morgan fingerprint density at radius 2 is 2.16 bits per heavy atom. The fraction of sp³-hybridized carbons (Fsp3) is 0.533. The van der Waals surface area contributed by atoms with Crippen LogP contribution in [0.4, 0.5) is 10.5 Å². The van der Waals surface area contributed by atoms with Crippen LogP contribution in [0.2, 0.25) is 0 Å². The normalized spacial score (nSPS) is 20.1. The molecule has 2 atom stereocenters. The summed E-state index contributed by atoms with van der Waals surface area (Å²) in [5, 5.41) is 6.49. The lowest BCUT2D eigenvalue weighted by molar-refractivity contribution is 0.204. The number of nitrogens with zero attached hydrogens (tertiary/aromatic N) is 1. The molecule has 0 saturated carbocycles. The number of para-hydroxylation sites is 1. The third kappa shape index (κ3) is 3.88. The first-order valence-electron chi connectivity index (χ1n) is 7.06. The molecule has 2 N–H and O–H groups in total. The van der Waals surface area contributed by atoms with Gasteiger partial charge in [-0.2, -0.15) is 0 Å². The Morgan fingerprint density at radius 3 is 2.84 bits per heavy atom. The first-order chi connectivity index (χ1) is 9.19. The van der Waals surface area contributed by atoms with Gasteiger partial charge in [-0.3, -0.25) is 0 Å². The summed E-state index contributed by atoms with van der Waals surface area (Å²) in [5.41, 5.74) is 1.12. The van der Waals surface area contributed by atoms with Crippen molar-refractivity contribution in [1.82, 2.24) is 10.2 Å². The van der Waals surface area contributed by atoms with Crippen molar-refractivity contribution in [2.24, 2.45) is 0 Å². The molecular weight excluding hydrogens is 238 g/mol. The zero-order chi connectivity index (χ0) is 13.7. The Balaban J connectivity index is 1.81. The van der Waals surface area contributed by atoms with Gasteiger partial charge in [0.1, 0.15) is 0 Å². The number of benzene rings is 1. The highest BCUT2D eigenvalue weighted by Crippen LogP contribution is 2.15. The summed E-state index contributed by atoms with van der Waals surface area (Å²) >= 11 is 0. The van der Waals surface area contributed by atoms with Crippen LogP contribution in [0.25, 0.3) is 0 Å². The third-order valence-electron chi connectivity index (χ3n) is 3.60. The zero-order valence-corrected chi connectivity index (χ0v) is 11.7. The van der Waals surface area contributed by atoms with Gasteiger partial charge >= 0.3 is 6.03 Å². The topological polar surface area (TPSA) is 44.4 Å². The molecule has 2 amide bonds. The number of nitrogens with one attached hydrogen (secondary N) is 2. The first kappa shape index (κ1) is 13.7. The van der Waals surface area contributed by atoms with Gasteiger partial charge in [0.15, 0.2) is 0 Å². The Labute approximate surface area is 115 Å². The van der Waals surface area contributed by atoms with Crippen LogP contribution < -0.4 is 10.6 Å². The largest absolute Gasteiger partial charge is 0.380 e. The maximum absolute atomic E-state index is 12.0. The van der Waals surface area contributed by atoms with Crippen LogP contribution in [-0.4, -0.2) is 36.1 Å². The van der Waals surface area contributed by atoms with E-state index in [-0.39, 0.29) is 12.1 Å². The van der Waals surface area contributed by atoms with Gasteiger partial charge < -0.3 is 15.5 Å². The summed E-state index contributed by atoms with van der Waals surface area (Å²) in [4.78, 5) is 13.9. The summed E-state index contributed by atoms with van der Waals surface area (Å²) in [6.45, 7) is 5.71. The number of anilines is 1. The fourth-order valence-corrected chi connectivity index (χ4v) is 2.24. The molecule has 104 valence electrons. The molecule has 19 heavy (non-hydrogen) atoms. The molecule has 1 fully saturated rings. The monoisotopic (exact) mass is 261 g/mol. The van der Waals surface area contributed by atoms with Crippen LogP contribution in [0.1, 0.15) is 26.7 Å². The minimum atomic E-state index is 0.0618. The summed E-state index contributed by atoms with van der Waals surface area (Å²) in [5.74, 6) is 0. The molecule has 0 aromatic heterocycles. The van der Waals surface area contributed by atoms with Crippen molar-refractivity contribution in [2.75, 3.05) is 18.4 Å². The lowest BCUT2D eigenvalue weighted by Gasteiger charge is -2.20. The molecule has 1 aromatic carbocycles. The van der Waals surface area contributed by atoms with E-state index < -0.39 is 0 Å². The maximum Gasteiger partial charge on any atom is 0.317 e. The van der Waals surface area contributed by atoms with E-state index in [0.29, 0.717) is 6.04 Å². The van der Waals surface area contributed by atoms with Crippen LogP contribution in [0.3, 0.4) is 0 Å². The van der Waals surface area contributed by atoms with E-state index in [9.17, 15) is 4.79 Å². The number of carbonyl (C=O) groups excluding carboxylic acids is 1. The van der Waals surface area contributed by atoms with Crippen molar-refractivity contribution in [3.63, 3.8) is 0 Å². The molecule has 1 aromatic rings.